The van der Waals surface area contributed by atoms with Crippen LogP contribution in [0.2, 0.25) is 0 Å². The Balaban J connectivity index is 1.84. The first-order chi connectivity index (χ1) is 7.65. The van der Waals surface area contributed by atoms with Crippen LogP contribution in [0.3, 0.4) is 0 Å². The first-order valence-corrected chi connectivity index (χ1v) is 6.60. The highest BCUT2D eigenvalue weighted by Crippen LogP contribution is 2.31. The van der Waals surface area contributed by atoms with Crippen LogP contribution in [0, 0.1) is 11.8 Å². The van der Waals surface area contributed by atoms with Gasteiger partial charge in [0.25, 0.3) is 0 Å². The van der Waals surface area contributed by atoms with Gasteiger partial charge in [0, 0.05) is 11.5 Å². The molecule has 0 amide bonds. The number of ether oxygens (including phenoxy) is 1. The van der Waals surface area contributed by atoms with E-state index in [-0.39, 0.29) is 0 Å². The number of aromatic nitrogens is 2. The van der Waals surface area contributed by atoms with Crippen molar-refractivity contribution < 1.29 is 4.74 Å². The summed E-state index contributed by atoms with van der Waals surface area (Å²) in [5, 5.41) is 4.63. The summed E-state index contributed by atoms with van der Waals surface area (Å²) in [6.07, 6.45) is 3.99. The van der Waals surface area contributed by atoms with Crippen LogP contribution in [0.1, 0.15) is 38.8 Å². The van der Waals surface area contributed by atoms with Gasteiger partial charge in [0.1, 0.15) is 10.7 Å². The molecule has 5 heteroatoms. The first-order valence-electron chi connectivity index (χ1n) is 5.83. The molecule has 0 saturated heterocycles. The van der Waals surface area contributed by atoms with Crippen molar-refractivity contribution in [2.24, 2.45) is 11.8 Å². The highest BCUT2D eigenvalue weighted by Gasteiger charge is 2.24. The molecule has 1 aliphatic rings. The SMILES string of the molecule is CC1CC(C)CC(OCc2nnsc2N)C1. The van der Waals surface area contributed by atoms with E-state index in [0.717, 1.165) is 30.4 Å². The average molecular weight is 241 g/mol. The maximum absolute atomic E-state index is 5.87. The van der Waals surface area contributed by atoms with Crippen molar-refractivity contribution in [3.63, 3.8) is 0 Å². The lowest BCUT2D eigenvalue weighted by Gasteiger charge is -2.31. The fraction of sp³-hybridized carbons (Fsp3) is 0.818. The Kier molecular flexibility index (Phi) is 3.76. The summed E-state index contributed by atoms with van der Waals surface area (Å²) < 4.78 is 9.68. The van der Waals surface area contributed by atoms with E-state index in [4.69, 9.17) is 10.5 Å². The summed E-state index contributed by atoms with van der Waals surface area (Å²) in [4.78, 5) is 0. The number of rotatable bonds is 3. The van der Waals surface area contributed by atoms with Crippen LogP contribution in [0.5, 0.6) is 0 Å². The molecule has 0 radical (unpaired) electrons. The number of anilines is 1. The molecular formula is C11H19N3OS. The molecule has 1 aromatic heterocycles. The van der Waals surface area contributed by atoms with Crippen molar-refractivity contribution in [2.45, 2.75) is 45.8 Å². The summed E-state index contributed by atoms with van der Waals surface area (Å²) >= 11 is 1.23. The number of hydrogen-bond acceptors (Lipinski definition) is 5. The van der Waals surface area contributed by atoms with E-state index in [9.17, 15) is 0 Å². The van der Waals surface area contributed by atoms with Gasteiger partial charge < -0.3 is 10.5 Å². The van der Waals surface area contributed by atoms with Gasteiger partial charge in [-0.05, 0) is 31.1 Å². The molecule has 4 nitrogen and oxygen atoms in total. The zero-order valence-corrected chi connectivity index (χ0v) is 10.7. The lowest BCUT2D eigenvalue weighted by Crippen LogP contribution is -2.26. The molecule has 90 valence electrons. The van der Waals surface area contributed by atoms with Gasteiger partial charge in [0.05, 0.1) is 12.7 Å². The lowest BCUT2D eigenvalue weighted by molar-refractivity contribution is -0.0102. The molecular weight excluding hydrogens is 222 g/mol. The molecule has 2 atom stereocenters. The zero-order valence-electron chi connectivity index (χ0n) is 9.85. The van der Waals surface area contributed by atoms with E-state index in [1.165, 1.54) is 18.0 Å². The van der Waals surface area contributed by atoms with E-state index in [0.29, 0.717) is 17.7 Å². The highest BCUT2D eigenvalue weighted by molar-refractivity contribution is 7.09. The van der Waals surface area contributed by atoms with Crippen molar-refractivity contribution in [1.29, 1.82) is 0 Å². The van der Waals surface area contributed by atoms with E-state index < -0.39 is 0 Å². The predicted octanol–water partition coefficient (Wildman–Crippen LogP) is 2.46. The lowest BCUT2D eigenvalue weighted by atomic mass is 9.82. The minimum absolute atomic E-state index is 0.361. The first kappa shape index (κ1) is 11.8. The van der Waals surface area contributed by atoms with Gasteiger partial charge in [-0.2, -0.15) is 0 Å². The van der Waals surface area contributed by atoms with Crippen molar-refractivity contribution in [2.75, 3.05) is 5.73 Å². The minimum Gasteiger partial charge on any atom is -0.388 e. The van der Waals surface area contributed by atoms with Gasteiger partial charge in [0.2, 0.25) is 0 Å². The van der Waals surface area contributed by atoms with Crippen molar-refractivity contribution >= 4 is 16.5 Å². The molecule has 1 heterocycles. The monoisotopic (exact) mass is 241 g/mol. The number of nitrogen functional groups attached to an aromatic ring is 1. The summed E-state index contributed by atoms with van der Waals surface area (Å²) in [6.45, 7) is 5.10. The van der Waals surface area contributed by atoms with Crippen molar-refractivity contribution in [3.8, 4) is 0 Å². The van der Waals surface area contributed by atoms with Gasteiger partial charge in [-0.3, -0.25) is 0 Å². The molecule has 1 saturated carbocycles. The molecule has 2 unspecified atom stereocenters. The Labute approximate surface area is 100 Å². The van der Waals surface area contributed by atoms with Crippen LogP contribution in [-0.4, -0.2) is 15.7 Å². The summed E-state index contributed by atoms with van der Waals surface area (Å²) in [6, 6.07) is 0. The predicted molar refractivity (Wildman–Crippen MR) is 65.1 cm³/mol. The zero-order chi connectivity index (χ0) is 11.5. The second kappa shape index (κ2) is 5.10. The van der Waals surface area contributed by atoms with E-state index in [1.54, 1.807) is 0 Å². The Morgan fingerprint density at radius 3 is 2.56 bits per heavy atom. The fourth-order valence-corrected chi connectivity index (χ4v) is 2.95. The van der Waals surface area contributed by atoms with E-state index in [1.807, 2.05) is 0 Å². The largest absolute Gasteiger partial charge is 0.388 e. The normalized spacial score (nSPS) is 30.5. The average Bonchev–Trinajstić information content (AvgIpc) is 2.59. The molecule has 1 aromatic rings. The molecule has 16 heavy (non-hydrogen) atoms. The second-order valence-corrected chi connectivity index (χ2v) is 5.72. The molecule has 0 bridgehead atoms. The number of hydrogen-bond donors (Lipinski definition) is 1. The fourth-order valence-electron chi connectivity index (χ4n) is 2.52. The Morgan fingerprint density at radius 1 is 1.31 bits per heavy atom. The second-order valence-electron chi connectivity index (χ2n) is 4.93. The minimum atomic E-state index is 0.361. The Morgan fingerprint density at radius 2 is 2.00 bits per heavy atom. The van der Waals surface area contributed by atoms with Gasteiger partial charge in [-0.1, -0.05) is 18.3 Å². The molecule has 1 fully saturated rings. The molecule has 1 aliphatic carbocycles. The van der Waals surface area contributed by atoms with Crippen LogP contribution < -0.4 is 5.73 Å². The quantitative estimate of drug-likeness (QED) is 0.883. The molecule has 2 N–H and O–H groups in total. The van der Waals surface area contributed by atoms with Crippen LogP contribution in [0.4, 0.5) is 5.00 Å². The summed E-state index contributed by atoms with van der Waals surface area (Å²) in [5.74, 6) is 1.53. The van der Waals surface area contributed by atoms with Gasteiger partial charge in [-0.25, -0.2) is 0 Å². The highest BCUT2D eigenvalue weighted by atomic mass is 32.1. The van der Waals surface area contributed by atoms with Gasteiger partial charge in [-0.15, -0.1) is 5.10 Å². The van der Waals surface area contributed by atoms with Gasteiger partial charge >= 0.3 is 0 Å². The topological polar surface area (TPSA) is 61.0 Å². The molecule has 0 aliphatic heterocycles. The third kappa shape index (κ3) is 2.92. The molecule has 0 spiro atoms. The van der Waals surface area contributed by atoms with Crippen LogP contribution in [-0.2, 0) is 11.3 Å². The number of nitrogens with two attached hydrogens (primary N) is 1. The maximum atomic E-state index is 5.87. The number of nitrogens with zero attached hydrogens (tertiary/aromatic N) is 2. The van der Waals surface area contributed by atoms with Gasteiger partial charge in [0.15, 0.2) is 0 Å². The Bertz CT molecular complexity index is 332. The van der Waals surface area contributed by atoms with Crippen LogP contribution in [0.15, 0.2) is 0 Å². The van der Waals surface area contributed by atoms with Crippen LogP contribution in [0.25, 0.3) is 0 Å². The van der Waals surface area contributed by atoms with E-state index in [2.05, 4.69) is 23.4 Å². The Hall–Kier alpha value is -0.680. The van der Waals surface area contributed by atoms with Crippen molar-refractivity contribution in [1.82, 2.24) is 9.59 Å². The smallest absolute Gasteiger partial charge is 0.133 e. The molecule has 0 aromatic carbocycles. The van der Waals surface area contributed by atoms with E-state index >= 15 is 0 Å². The third-order valence-electron chi connectivity index (χ3n) is 3.18. The molecule has 2 rings (SSSR count). The third-order valence-corrected chi connectivity index (χ3v) is 3.77. The van der Waals surface area contributed by atoms with Crippen molar-refractivity contribution in [3.05, 3.63) is 5.69 Å². The standard InChI is InChI=1S/C11H19N3OS/c1-7-3-8(2)5-9(4-7)15-6-10-11(12)16-14-13-10/h7-9H,3-6,12H2,1-2H3. The summed E-state index contributed by atoms with van der Waals surface area (Å²) in [7, 11) is 0. The van der Waals surface area contributed by atoms with Crippen LogP contribution >= 0.6 is 11.5 Å². The summed E-state index contributed by atoms with van der Waals surface area (Å²) in [5.41, 5.74) is 6.51. The maximum Gasteiger partial charge on any atom is 0.133 e.